The second-order valence-electron chi connectivity index (χ2n) is 9.00. The fourth-order valence-electron chi connectivity index (χ4n) is 4.05. The number of hydrogen-bond donors (Lipinski definition) is 1. The highest BCUT2D eigenvalue weighted by Crippen LogP contribution is 2.45. The lowest BCUT2D eigenvalue weighted by Crippen LogP contribution is -2.43. The summed E-state index contributed by atoms with van der Waals surface area (Å²) in [5, 5.41) is 2.07. The monoisotopic (exact) mass is 453 g/mol. The Morgan fingerprint density at radius 1 is 1.22 bits per heavy atom. The van der Waals surface area contributed by atoms with Gasteiger partial charge in [-0.2, -0.15) is 0 Å². The smallest absolute Gasteiger partial charge is 0.270 e. The molecule has 1 aliphatic rings. The number of methoxy groups -OCH3 is 1. The van der Waals surface area contributed by atoms with Crippen LogP contribution in [0.5, 0.6) is 11.5 Å². The number of fused-ring (bicyclic) bond motifs is 3. The Hall–Kier alpha value is -2.77. The summed E-state index contributed by atoms with van der Waals surface area (Å²) >= 11 is 1.68. The molecule has 1 amide bonds. The minimum atomic E-state index is -0.270. The van der Waals surface area contributed by atoms with Crippen LogP contribution in [0.4, 0.5) is 0 Å². The second-order valence-corrected chi connectivity index (χ2v) is 9.95. The number of carbonyl (C=O) groups is 1. The van der Waals surface area contributed by atoms with Crippen molar-refractivity contribution in [3.05, 3.63) is 47.0 Å². The third kappa shape index (κ3) is 3.91. The standard InChI is InChI=1S/C25H31N3O3S/c1-25(2,3)27(4)24(29)19-14-18(22-7-6-12-32-22)23-17-15-21(31-11-9-26)20(30-5)13-16(17)8-10-28(19)23/h6-7,12-15H,8-11,26H2,1-5H3. The Balaban J connectivity index is 1.92. The number of aryl methyl sites for hydroxylation is 1. The lowest BCUT2D eigenvalue weighted by atomic mass is 9.95. The van der Waals surface area contributed by atoms with Gasteiger partial charge < -0.3 is 24.7 Å². The van der Waals surface area contributed by atoms with Gasteiger partial charge in [0.2, 0.25) is 0 Å². The Bertz CT molecular complexity index is 1130. The first-order valence-corrected chi connectivity index (χ1v) is 11.7. The van der Waals surface area contributed by atoms with E-state index in [-0.39, 0.29) is 11.4 Å². The van der Waals surface area contributed by atoms with Crippen LogP contribution in [0.2, 0.25) is 0 Å². The highest BCUT2D eigenvalue weighted by molar-refractivity contribution is 7.13. The Morgan fingerprint density at radius 2 is 2.00 bits per heavy atom. The molecular weight excluding hydrogens is 422 g/mol. The fourth-order valence-corrected chi connectivity index (χ4v) is 4.79. The summed E-state index contributed by atoms with van der Waals surface area (Å²) in [5.41, 5.74) is 10.5. The average molecular weight is 454 g/mol. The molecule has 0 fully saturated rings. The van der Waals surface area contributed by atoms with Crippen LogP contribution in [0.15, 0.2) is 35.7 Å². The molecule has 0 unspecified atom stereocenters. The van der Waals surface area contributed by atoms with Gasteiger partial charge in [-0.05, 0) is 62.4 Å². The lowest BCUT2D eigenvalue weighted by Gasteiger charge is -2.32. The van der Waals surface area contributed by atoms with E-state index >= 15 is 0 Å². The van der Waals surface area contributed by atoms with Gasteiger partial charge in [0.05, 0.1) is 12.8 Å². The number of ether oxygens (including phenoxy) is 2. The summed E-state index contributed by atoms with van der Waals surface area (Å²) < 4.78 is 13.6. The number of nitrogens with two attached hydrogens (primary N) is 1. The highest BCUT2D eigenvalue weighted by Gasteiger charge is 2.32. The van der Waals surface area contributed by atoms with Crippen molar-refractivity contribution < 1.29 is 14.3 Å². The molecule has 0 radical (unpaired) electrons. The first-order chi connectivity index (χ1) is 15.3. The van der Waals surface area contributed by atoms with E-state index in [0.717, 1.165) is 34.7 Å². The summed E-state index contributed by atoms with van der Waals surface area (Å²) in [4.78, 5) is 16.5. The number of amides is 1. The second kappa shape index (κ2) is 8.64. The van der Waals surface area contributed by atoms with Crippen molar-refractivity contribution in [3.8, 4) is 33.2 Å². The van der Waals surface area contributed by atoms with Crippen molar-refractivity contribution in [2.45, 2.75) is 39.3 Å². The molecule has 0 aliphatic carbocycles. The number of thiophene rings is 1. The minimum Gasteiger partial charge on any atom is -0.493 e. The van der Waals surface area contributed by atoms with E-state index in [4.69, 9.17) is 15.2 Å². The van der Waals surface area contributed by atoms with Crippen molar-refractivity contribution in [3.63, 3.8) is 0 Å². The molecule has 2 N–H and O–H groups in total. The van der Waals surface area contributed by atoms with Gasteiger partial charge in [0.1, 0.15) is 12.3 Å². The van der Waals surface area contributed by atoms with Crippen LogP contribution in [0.3, 0.4) is 0 Å². The zero-order valence-electron chi connectivity index (χ0n) is 19.4. The number of nitrogens with zero attached hydrogens (tertiary/aromatic N) is 2. The molecule has 3 heterocycles. The Morgan fingerprint density at radius 3 is 2.62 bits per heavy atom. The number of hydrogen-bond acceptors (Lipinski definition) is 5. The maximum atomic E-state index is 13.5. The zero-order chi connectivity index (χ0) is 23.0. The van der Waals surface area contributed by atoms with Crippen molar-refractivity contribution in [2.75, 3.05) is 27.3 Å². The molecule has 3 aromatic rings. The average Bonchev–Trinajstić information content (AvgIpc) is 3.43. The van der Waals surface area contributed by atoms with Crippen LogP contribution in [-0.2, 0) is 13.0 Å². The van der Waals surface area contributed by atoms with Crippen molar-refractivity contribution in [1.29, 1.82) is 0 Å². The summed E-state index contributed by atoms with van der Waals surface area (Å²) in [7, 11) is 3.52. The van der Waals surface area contributed by atoms with Gasteiger partial charge in [0, 0.05) is 41.7 Å². The van der Waals surface area contributed by atoms with E-state index in [9.17, 15) is 4.79 Å². The van der Waals surface area contributed by atoms with E-state index in [0.29, 0.717) is 30.3 Å². The summed E-state index contributed by atoms with van der Waals surface area (Å²) in [6.07, 6.45) is 0.813. The lowest BCUT2D eigenvalue weighted by molar-refractivity contribution is 0.0644. The molecule has 0 bridgehead atoms. The molecule has 0 saturated heterocycles. The third-order valence-electron chi connectivity index (χ3n) is 6.04. The first kappa shape index (κ1) is 22.4. The zero-order valence-corrected chi connectivity index (χ0v) is 20.2. The maximum Gasteiger partial charge on any atom is 0.270 e. The highest BCUT2D eigenvalue weighted by atomic mass is 32.1. The van der Waals surface area contributed by atoms with E-state index in [2.05, 4.69) is 22.1 Å². The number of benzene rings is 1. The first-order valence-electron chi connectivity index (χ1n) is 10.9. The van der Waals surface area contributed by atoms with E-state index < -0.39 is 0 Å². The van der Waals surface area contributed by atoms with E-state index in [1.807, 2.05) is 50.9 Å². The molecule has 170 valence electrons. The van der Waals surface area contributed by atoms with Gasteiger partial charge >= 0.3 is 0 Å². The molecule has 2 aromatic heterocycles. The van der Waals surface area contributed by atoms with Gasteiger partial charge in [-0.25, -0.2) is 0 Å². The SMILES string of the molecule is COc1cc2c(cc1OCCN)-c1c(-c3cccs3)cc(C(=O)N(C)C(C)(C)C)n1CC2. The Labute approximate surface area is 193 Å². The molecule has 4 rings (SSSR count). The van der Waals surface area contributed by atoms with E-state index in [1.54, 1.807) is 18.4 Å². The predicted molar refractivity (Wildman–Crippen MR) is 130 cm³/mol. The number of rotatable bonds is 6. The molecule has 0 atom stereocenters. The molecule has 0 saturated carbocycles. The van der Waals surface area contributed by atoms with Crippen molar-refractivity contribution >= 4 is 17.2 Å². The summed E-state index contributed by atoms with van der Waals surface area (Å²) in [6.45, 7) is 7.72. The number of carbonyl (C=O) groups excluding carboxylic acids is 1. The maximum absolute atomic E-state index is 13.5. The van der Waals surface area contributed by atoms with Crippen LogP contribution >= 0.6 is 11.3 Å². The van der Waals surface area contributed by atoms with E-state index in [1.165, 1.54) is 5.56 Å². The van der Waals surface area contributed by atoms with Crippen LogP contribution in [-0.4, -0.2) is 48.2 Å². The van der Waals surface area contributed by atoms with Gasteiger partial charge in [-0.15, -0.1) is 11.3 Å². The van der Waals surface area contributed by atoms with Gasteiger partial charge in [0.25, 0.3) is 5.91 Å². The molecule has 7 heteroatoms. The molecular formula is C25H31N3O3S. The van der Waals surface area contributed by atoms with Gasteiger partial charge in [-0.3, -0.25) is 4.79 Å². The van der Waals surface area contributed by atoms with Crippen LogP contribution < -0.4 is 15.2 Å². The molecule has 6 nitrogen and oxygen atoms in total. The minimum absolute atomic E-state index is 0.0260. The summed E-state index contributed by atoms with van der Waals surface area (Å²) in [5.74, 6) is 1.40. The number of aromatic nitrogens is 1. The van der Waals surface area contributed by atoms with Gasteiger partial charge in [0.15, 0.2) is 11.5 Å². The normalized spacial score (nSPS) is 12.8. The van der Waals surface area contributed by atoms with Crippen molar-refractivity contribution in [1.82, 2.24) is 9.47 Å². The summed E-state index contributed by atoms with van der Waals surface area (Å²) in [6, 6.07) is 10.3. The van der Waals surface area contributed by atoms with Crippen LogP contribution in [0.25, 0.3) is 21.7 Å². The van der Waals surface area contributed by atoms with Crippen molar-refractivity contribution in [2.24, 2.45) is 5.73 Å². The predicted octanol–water partition coefficient (Wildman–Crippen LogP) is 4.66. The molecule has 1 aromatic carbocycles. The Kier molecular flexibility index (Phi) is 6.05. The molecule has 32 heavy (non-hydrogen) atoms. The largest absolute Gasteiger partial charge is 0.493 e. The molecule has 0 spiro atoms. The quantitative estimate of drug-likeness (QED) is 0.590. The topological polar surface area (TPSA) is 69.7 Å². The fraction of sp³-hybridized carbons (Fsp3) is 0.400. The van der Waals surface area contributed by atoms with Gasteiger partial charge in [-0.1, -0.05) is 6.07 Å². The third-order valence-corrected chi connectivity index (χ3v) is 6.94. The molecule has 1 aliphatic heterocycles. The van der Waals surface area contributed by atoms with Crippen LogP contribution in [0, 0.1) is 0 Å². The van der Waals surface area contributed by atoms with Crippen LogP contribution in [0.1, 0.15) is 36.8 Å².